The number of allylic oxidation sites excluding steroid dienone is 14. The first kappa shape index (κ1) is 73.3. The van der Waals surface area contributed by atoms with Gasteiger partial charge in [-0.3, -0.25) is 4.79 Å². The number of hydrogen-bond acceptors (Lipinski definition) is 13. The van der Waals surface area contributed by atoms with Gasteiger partial charge in [0.05, 0.1) is 32.0 Å². The molecule has 0 bridgehead atoms. The van der Waals surface area contributed by atoms with E-state index in [1.54, 1.807) is 0 Å². The van der Waals surface area contributed by atoms with Crippen molar-refractivity contribution in [2.24, 2.45) is 0 Å². The third-order valence-corrected chi connectivity index (χ3v) is 15.1. The maximum absolute atomic E-state index is 13.2. The molecule has 0 aromatic heterocycles. The first-order valence-corrected chi connectivity index (χ1v) is 31.8. The first-order chi connectivity index (χ1) is 39.1. The van der Waals surface area contributed by atoms with Gasteiger partial charge in [0, 0.05) is 6.42 Å². The van der Waals surface area contributed by atoms with Crippen molar-refractivity contribution in [2.45, 2.75) is 306 Å². The van der Waals surface area contributed by atoms with Gasteiger partial charge in [-0.15, -0.1) is 0 Å². The molecule has 2 aliphatic rings. The zero-order chi connectivity index (χ0) is 58.1. The van der Waals surface area contributed by atoms with Crippen molar-refractivity contribution in [3.63, 3.8) is 0 Å². The summed E-state index contributed by atoms with van der Waals surface area (Å²) >= 11 is 0. The summed E-state index contributed by atoms with van der Waals surface area (Å²) in [6.45, 7) is 2.71. The zero-order valence-corrected chi connectivity index (χ0v) is 49.8. The van der Waals surface area contributed by atoms with Crippen molar-refractivity contribution in [3.8, 4) is 0 Å². The third-order valence-electron chi connectivity index (χ3n) is 15.1. The highest BCUT2D eigenvalue weighted by Gasteiger charge is 2.51. The first-order valence-electron chi connectivity index (χ1n) is 31.8. The van der Waals surface area contributed by atoms with E-state index in [4.69, 9.17) is 18.9 Å². The lowest BCUT2D eigenvalue weighted by Gasteiger charge is -2.46. The molecule has 0 aromatic rings. The Labute approximate surface area is 484 Å². The van der Waals surface area contributed by atoms with E-state index in [2.05, 4.69) is 104 Å². The number of hydrogen-bond donors (Lipinski definition) is 9. The fourth-order valence-electron chi connectivity index (χ4n) is 10.0. The summed E-state index contributed by atoms with van der Waals surface area (Å²) in [4.78, 5) is 13.2. The van der Waals surface area contributed by atoms with E-state index < -0.39 is 86.8 Å². The van der Waals surface area contributed by atoms with Crippen molar-refractivity contribution in [1.29, 1.82) is 0 Å². The molecule has 2 saturated heterocycles. The van der Waals surface area contributed by atoms with Crippen LogP contribution < -0.4 is 5.32 Å². The lowest BCUT2D eigenvalue weighted by atomic mass is 9.97. The van der Waals surface area contributed by atoms with Gasteiger partial charge < -0.3 is 65.1 Å². The van der Waals surface area contributed by atoms with Crippen LogP contribution in [0.15, 0.2) is 85.1 Å². The van der Waals surface area contributed by atoms with E-state index in [9.17, 15) is 45.6 Å². The van der Waals surface area contributed by atoms with E-state index in [0.717, 1.165) is 96.3 Å². The molecule has 0 aromatic carbocycles. The molecule has 2 heterocycles. The molecule has 0 aliphatic carbocycles. The second-order valence-corrected chi connectivity index (χ2v) is 22.2. The summed E-state index contributed by atoms with van der Waals surface area (Å²) in [5, 5.41) is 87.0. The Morgan fingerprint density at radius 3 is 1.32 bits per heavy atom. The Hall–Kier alpha value is -2.83. The predicted molar refractivity (Wildman–Crippen MR) is 323 cm³/mol. The lowest BCUT2D eigenvalue weighted by Crippen LogP contribution is -2.65. The average Bonchev–Trinajstić information content (AvgIpc) is 3.49. The summed E-state index contributed by atoms with van der Waals surface area (Å²) in [7, 11) is 0. The molecule has 0 spiro atoms. The molecule has 14 heteroatoms. The molecule has 0 radical (unpaired) electrons. The number of aliphatic hydroxyl groups is 8. The second-order valence-electron chi connectivity index (χ2n) is 22.2. The van der Waals surface area contributed by atoms with Crippen LogP contribution in [0.1, 0.15) is 232 Å². The molecule has 2 aliphatic heterocycles. The van der Waals surface area contributed by atoms with Crippen LogP contribution in [-0.2, 0) is 23.7 Å². The van der Waals surface area contributed by atoms with Gasteiger partial charge in [-0.1, -0.05) is 240 Å². The SMILES string of the molecule is CC/C=C\C/C=C\C/C=C\C/C=C\C/C=C\C/C=C\C/C=C\CCCCCCCCCCCCCCCCCC(=O)NC(COC1OC(CO)C(OC2OC(CO)C(O)C(O)C2O)C(O)C1O)C(O)CCCCCCCCCCC. The summed E-state index contributed by atoms with van der Waals surface area (Å²) in [5.41, 5.74) is 0. The Morgan fingerprint density at radius 1 is 0.463 bits per heavy atom. The second kappa shape index (κ2) is 50.7. The zero-order valence-electron chi connectivity index (χ0n) is 49.8. The molecule has 12 atom stereocenters. The van der Waals surface area contributed by atoms with E-state index in [1.807, 2.05) is 0 Å². The summed E-state index contributed by atoms with van der Waals surface area (Å²) in [6, 6.07) is -0.830. The van der Waals surface area contributed by atoms with Gasteiger partial charge in [-0.05, 0) is 70.6 Å². The maximum Gasteiger partial charge on any atom is 0.220 e. The number of carbonyl (C=O) groups is 1. The van der Waals surface area contributed by atoms with Gasteiger partial charge >= 0.3 is 0 Å². The van der Waals surface area contributed by atoms with Crippen molar-refractivity contribution >= 4 is 5.91 Å². The van der Waals surface area contributed by atoms with Crippen LogP contribution in [0.3, 0.4) is 0 Å². The molecule has 80 heavy (non-hydrogen) atoms. The summed E-state index contributed by atoms with van der Waals surface area (Å²) in [6.07, 6.45) is 52.0. The fraction of sp³-hybridized carbons (Fsp3) is 0.773. The van der Waals surface area contributed by atoms with Crippen LogP contribution in [0.5, 0.6) is 0 Å². The Balaban J connectivity index is 1.57. The predicted octanol–water partition coefficient (Wildman–Crippen LogP) is 11.7. The Kier molecular flexibility index (Phi) is 46.4. The van der Waals surface area contributed by atoms with Gasteiger partial charge in [-0.2, -0.15) is 0 Å². The highest BCUT2D eigenvalue weighted by molar-refractivity contribution is 5.76. The average molecular weight is 1130 g/mol. The molecule has 14 nitrogen and oxygen atoms in total. The van der Waals surface area contributed by atoms with Crippen molar-refractivity contribution in [3.05, 3.63) is 85.1 Å². The summed E-state index contributed by atoms with van der Waals surface area (Å²) in [5.74, 6) is -0.211. The molecular weight excluding hydrogens is 1010 g/mol. The molecule has 12 unspecified atom stereocenters. The minimum absolute atomic E-state index is 0.211. The third kappa shape index (κ3) is 35.3. The lowest BCUT2D eigenvalue weighted by molar-refractivity contribution is -0.359. The van der Waals surface area contributed by atoms with Crippen molar-refractivity contribution < 1.29 is 64.6 Å². The molecule has 462 valence electrons. The monoisotopic (exact) mass is 1130 g/mol. The van der Waals surface area contributed by atoms with Crippen LogP contribution >= 0.6 is 0 Å². The minimum atomic E-state index is -1.78. The van der Waals surface area contributed by atoms with Gasteiger partial charge in [0.1, 0.15) is 48.8 Å². The smallest absolute Gasteiger partial charge is 0.220 e. The number of carbonyl (C=O) groups excluding carboxylic acids is 1. The molecular formula is C66H115NO13. The van der Waals surface area contributed by atoms with E-state index in [-0.39, 0.29) is 12.5 Å². The van der Waals surface area contributed by atoms with Gasteiger partial charge in [-0.25, -0.2) is 0 Å². The van der Waals surface area contributed by atoms with Crippen LogP contribution in [0, 0.1) is 0 Å². The molecule has 1 amide bonds. The fourth-order valence-corrected chi connectivity index (χ4v) is 10.0. The quantitative estimate of drug-likeness (QED) is 0.0204. The topological polar surface area (TPSA) is 228 Å². The van der Waals surface area contributed by atoms with Gasteiger partial charge in [0.25, 0.3) is 0 Å². The number of amides is 1. The number of nitrogens with one attached hydrogen (secondary N) is 1. The van der Waals surface area contributed by atoms with Crippen molar-refractivity contribution in [2.75, 3.05) is 19.8 Å². The number of unbranched alkanes of at least 4 members (excludes halogenated alkanes) is 23. The van der Waals surface area contributed by atoms with Gasteiger partial charge in [0.2, 0.25) is 5.91 Å². The largest absolute Gasteiger partial charge is 0.394 e. The van der Waals surface area contributed by atoms with Gasteiger partial charge in [0.15, 0.2) is 12.6 Å². The number of ether oxygens (including phenoxy) is 4. The van der Waals surface area contributed by atoms with E-state index in [1.165, 1.54) is 109 Å². The normalized spacial score (nSPS) is 24.8. The van der Waals surface area contributed by atoms with E-state index >= 15 is 0 Å². The Bertz CT molecular complexity index is 1660. The molecule has 9 N–H and O–H groups in total. The standard InChI is InChI=1S/C66H115NO13/c1-3-5-7-9-11-13-14-15-16-17-18-19-20-21-22-23-24-25-26-27-28-29-30-31-32-33-34-35-36-37-38-39-40-42-44-46-48-50-58(71)67-54(55(70)49-47-45-43-41-12-10-8-6-4-2)53-77-65-63(76)61(74)64(57(52-69)79-65)80-66-62(75)60(73)59(72)56(51-68)78-66/h5,7,11,13,15-16,18-19,21-22,24-25,27-28,54-57,59-66,68-70,72-76H,3-4,6,8-10,12,14,17,20,23,26,29-53H2,1-2H3,(H,67,71)/b7-5-,13-11-,16-15-,19-18-,22-21-,25-24-,28-27-. The van der Waals surface area contributed by atoms with Crippen LogP contribution in [0.2, 0.25) is 0 Å². The molecule has 2 rings (SSSR count). The highest BCUT2D eigenvalue weighted by atomic mass is 16.7. The molecule has 0 saturated carbocycles. The number of rotatable bonds is 50. The van der Waals surface area contributed by atoms with Crippen LogP contribution in [0.4, 0.5) is 0 Å². The van der Waals surface area contributed by atoms with E-state index in [0.29, 0.717) is 12.8 Å². The minimum Gasteiger partial charge on any atom is -0.394 e. The Morgan fingerprint density at radius 2 is 0.863 bits per heavy atom. The highest BCUT2D eigenvalue weighted by Crippen LogP contribution is 2.30. The molecule has 2 fully saturated rings. The van der Waals surface area contributed by atoms with Crippen molar-refractivity contribution in [1.82, 2.24) is 5.32 Å². The maximum atomic E-state index is 13.2. The summed E-state index contributed by atoms with van der Waals surface area (Å²) < 4.78 is 22.8. The number of aliphatic hydroxyl groups excluding tert-OH is 8. The van der Waals surface area contributed by atoms with Crippen LogP contribution in [0.25, 0.3) is 0 Å². The van der Waals surface area contributed by atoms with Crippen LogP contribution in [-0.4, -0.2) is 140 Å².